The highest BCUT2D eigenvalue weighted by atomic mass is 32.2. The number of halogens is 1. The predicted octanol–water partition coefficient (Wildman–Crippen LogP) is 2.66. The molecule has 0 aliphatic carbocycles. The summed E-state index contributed by atoms with van der Waals surface area (Å²) < 4.78 is 45.8. The van der Waals surface area contributed by atoms with E-state index in [0.29, 0.717) is 42.1 Å². The van der Waals surface area contributed by atoms with Crippen LogP contribution < -0.4 is 0 Å². The fourth-order valence-corrected chi connectivity index (χ4v) is 7.42. The van der Waals surface area contributed by atoms with Crippen LogP contribution in [0.15, 0.2) is 28.5 Å². The van der Waals surface area contributed by atoms with Gasteiger partial charge in [-0.15, -0.1) is 11.3 Å². The maximum Gasteiger partial charge on any atom is 0.340 e. The molecule has 4 rings (SSSR count). The molecule has 0 bridgehead atoms. The molecule has 1 aromatic carbocycles. The van der Waals surface area contributed by atoms with Crippen LogP contribution in [0.5, 0.6) is 0 Å². The lowest BCUT2D eigenvalue weighted by Crippen LogP contribution is -2.35. The lowest BCUT2D eigenvalue weighted by atomic mass is 10.0. The molecule has 0 radical (unpaired) electrons. The molecule has 7 nitrogen and oxygen atoms in total. The first-order chi connectivity index (χ1) is 14.3. The van der Waals surface area contributed by atoms with Crippen LogP contribution in [-0.2, 0) is 27.7 Å². The van der Waals surface area contributed by atoms with Gasteiger partial charge in [0.2, 0.25) is 0 Å². The molecule has 1 aromatic heterocycles. The van der Waals surface area contributed by atoms with Gasteiger partial charge >= 0.3 is 5.97 Å². The molecule has 3 heterocycles. The van der Waals surface area contributed by atoms with E-state index in [9.17, 15) is 22.4 Å². The first-order valence-electron chi connectivity index (χ1n) is 9.60. The summed E-state index contributed by atoms with van der Waals surface area (Å²) in [6, 6.07) is 5.29. The topological polar surface area (TPSA) is 84.0 Å². The Labute approximate surface area is 178 Å². The molecule has 160 valence electrons. The normalized spacial score (nSPS) is 17.1. The van der Waals surface area contributed by atoms with E-state index in [1.807, 2.05) is 0 Å². The molecule has 2 aliphatic rings. The number of fused-ring (bicyclic) bond motifs is 1. The summed E-state index contributed by atoms with van der Waals surface area (Å²) in [6.45, 7) is 1.38. The number of carbonyl (C=O) groups is 2. The zero-order valence-electron chi connectivity index (χ0n) is 16.4. The number of ether oxygens (including phenoxy) is 1. The number of thiophene rings is 1. The van der Waals surface area contributed by atoms with E-state index in [1.54, 1.807) is 4.90 Å². The largest absolute Gasteiger partial charge is 0.465 e. The molecule has 1 saturated heterocycles. The number of methoxy groups -OCH3 is 1. The Bertz CT molecular complexity index is 1090. The molecule has 0 saturated carbocycles. The summed E-state index contributed by atoms with van der Waals surface area (Å²) in [6.07, 6.45) is 1.92. The molecule has 1 amide bonds. The van der Waals surface area contributed by atoms with Gasteiger partial charge in [0.15, 0.2) is 0 Å². The number of benzene rings is 1. The smallest absolute Gasteiger partial charge is 0.340 e. The SMILES string of the molecule is COC(=O)c1c(S(=O)(=O)N2CCCC2)sc2c1CCN(C(=O)c1ccc(F)cc1)C2. The van der Waals surface area contributed by atoms with E-state index < -0.39 is 21.8 Å². The van der Waals surface area contributed by atoms with Crippen molar-refractivity contribution in [1.29, 1.82) is 0 Å². The zero-order valence-corrected chi connectivity index (χ0v) is 18.0. The Morgan fingerprint density at radius 3 is 2.40 bits per heavy atom. The second-order valence-electron chi connectivity index (χ2n) is 7.25. The van der Waals surface area contributed by atoms with Crippen LogP contribution in [0.4, 0.5) is 4.39 Å². The van der Waals surface area contributed by atoms with E-state index in [-0.39, 0.29) is 22.2 Å². The van der Waals surface area contributed by atoms with Crippen molar-refractivity contribution in [3.8, 4) is 0 Å². The van der Waals surface area contributed by atoms with E-state index in [0.717, 1.165) is 24.2 Å². The van der Waals surface area contributed by atoms with Gasteiger partial charge < -0.3 is 9.64 Å². The van der Waals surface area contributed by atoms with Crippen LogP contribution in [-0.4, -0.2) is 56.2 Å². The first-order valence-corrected chi connectivity index (χ1v) is 11.9. The molecule has 0 unspecified atom stereocenters. The Morgan fingerprint density at radius 1 is 1.10 bits per heavy atom. The average Bonchev–Trinajstić information content (AvgIpc) is 3.41. The predicted molar refractivity (Wildman–Crippen MR) is 108 cm³/mol. The van der Waals surface area contributed by atoms with Crippen molar-refractivity contribution >= 4 is 33.2 Å². The van der Waals surface area contributed by atoms with Gasteiger partial charge in [-0.25, -0.2) is 17.6 Å². The highest BCUT2D eigenvalue weighted by Crippen LogP contribution is 2.39. The van der Waals surface area contributed by atoms with Crippen molar-refractivity contribution < 1.29 is 27.1 Å². The standard InChI is InChI=1S/C20H21FN2O5S2/c1-28-19(25)17-15-8-11-22(18(24)13-4-6-14(21)7-5-13)12-16(15)29-20(17)30(26,27)23-9-2-3-10-23/h4-7H,2-3,8-12H2,1H3. The van der Waals surface area contributed by atoms with Gasteiger partial charge in [-0.1, -0.05) is 0 Å². The molecule has 0 N–H and O–H groups in total. The van der Waals surface area contributed by atoms with Crippen LogP contribution in [0.2, 0.25) is 0 Å². The molecule has 2 aromatic rings. The van der Waals surface area contributed by atoms with E-state index in [4.69, 9.17) is 4.74 Å². The molecule has 2 aliphatic heterocycles. The number of rotatable bonds is 4. The van der Waals surface area contributed by atoms with Gasteiger partial charge in [0.1, 0.15) is 10.0 Å². The van der Waals surface area contributed by atoms with Crippen molar-refractivity contribution in [3.05, 3.63) is 51.7 Å². The number of amides is 1. The summed E-state index contributed by atoms with van der Waals surface area (Å²) in [5.74, 6) is -1.37. The Balaban J connectivity index is 1.69. The van der Waals surface area contributed by atoms with Gasteiger partial charge in [-0.3, -0.25) is 4.79 Å². The molecular formula is C20H21FN2O5S2. The number of hydrogen-bond donors (Lipinski definition) is 0. The molecular weight excluding hydrogens is 431 g/mol. The minimum Gasteiger partial charge on any atom is -0.465 e. The lowest BCUT2D eigenvalue weighted by Gasteiger charge is -2.27. The third-order valence-electron chi connectivity index (χ3n) is 5.43. The third-order valence-corrected chi connectivity index (χ3v) is 9.04. The summed E-state index contributed by atoms with van der Waals surface area (Å²) in [5, 5.41) is 0. The molecule has 1 fully saturated rings. The van der Waals surface area contributed by atoms with Crippen LogP contribution in [0, 0.1) is 5.82 Å². The number of hydrogen-bond acceptors (Lipinski definition) is 6. The summed E-state index contributed by atoms with van der Waals surface area (Å²) >= 11 is 1.03. The van der Waals surface area contributed by atoms with Crippen LogP contribution >= 0.6 is 11.3 Å². The maximum absolute atomic E-state index is 13.2. The van der Waals surface area contributed by atoms with Crippen LogP contribution in [0.1, 0.15) is 44.0 Å². The monoisotopic (exact) mass is 452 g/mol. The van der Waals surface area contributed by atoms with Gasteiger partial charge in [0.25, 0.3) is 15.9 Å². The van der Waals surface area contributed by atoms with Crippen molar-refractivity contribution in [2.75, 3.05) is 26.7 Å². The van der Waals surface area contributed by atoms with Crippen molar-refractivity contribution in [2.45, 2.75) is 30.0 Å². The third kappa shape index (κ3) is 3.63. The second-order valence-corrected chi connectivity index (χ2v) is 10.5. The highest BCUT2D eigenvalue weighted by molar-refractivity contribution is 7.91. The quantitative estimate of drug-likeness (QED) is 0.666. The minimum atomic E-state index is -3.81. The zero-order chi connectivity index (χ0) is 21.5. The van der Waals surface area contributed by atoms with Crippen LogP contribution in [0.3, 0.4) is 0 Å². The van der Waals surface area contributed by atoms with Crippen molar-refractivity contribution in [1.82, 2.24) is 9.21 Å². The molecule has 30 heavy (non-hydrogen) atoms. The Morgan fingerprint density at radius 2 is 1.77 bits per heavy atom. The Kier molecular flexibility index (Phi) is 5.65. The summed E-state index contributed by atoms with van der Waals surface area (Å²) in [4.78, 5) is 27.5. The molecule has 10 heteroatoms. The van der Waals surface area contributed by atoms with E-state index in [2.05, 4.69) is 0 Å². The summed E-state index contributed by atoms with van der Waals surface area (Å²) in [7, 11) is -2.58. The first kappa shape index (κ1) is 21.0. The Hall–Kier alpha value is -2.30. The van der Waals surface area contributed by atoms with Crippen molar-refractivity contribution in [2.24, 2.45) is 0 Å². The van der Waals surface area contributed by atoms with Gasteiger partial charge in [-0.05, 0) is 49.1 Å². The second kappa shape index (κ2) is 8.09. The fourth-order valence-electron chi connectivity index (χ4n) is 3.86. The van der Waals surface area contributed by atoms with Crippen molar-refractivity contribution in [3.63, 3.8) is 0 Å². The van der Waals surface area contributed by atoms with Crippen LogP contribution in [0.25, 0.3) is 0 Å². The average molecular weight is 453 g/mol. The lowest BCUT2D eigenvalue weighted by molar-refractivity contribution is 0.0595. The fraction of sp³-hybridized carbons (Fsp3) is 0.400. The molecule has 0 atom stereocenters. The maximum atomic E-state index is 13.2. The van der Waals surface area contributed by atoms with Gasteiger partial charge in [-0.2, -0.15) is 4.31 Å². The number of carbonyl (C=O) groups excluding carboxylic acids is 2. The van der Waals surface area contributed by atoms with E-state index in [1.165, 1.54) is 35.7 Å². The van der Waals surface area contributed by atoms with Gasteiger partial charge in [0, 0.05) is 30.1 Å². The number of esters is 1. The van der Waals surface area contributed by atoms with Gasteiger partial charge in [0.05, 0.1) is 19.2 Å². The molecule has 0 spiro atoms. The highest BCUT2D eigenvalue weighted by Gasteiger charge is 2.38. The minimum absolute atomic E-state index is 0.00247. The summed E-state index contributed by atoms with van der Waals surface area (Å²) in [5.41, 5.74) is 1.08. The number of sulfonamides is 1. The van der Waals surface area contributed by atoms with E-state index >= 15 is 0 Å². The number of nitrogens with zero attached hydrogens (tertiary/aromatic N) is 2.